The Morgan fingerprint density at radius 1 is 1.05 bits per heavy atom. The summed E-state index contributed by atoms with van der Waals surface area (Å²) in [7, 11) is 0. The Bertz CT molecular complexity index is 553. The molecule has 0 aromatic heterocycles. The first-order valence-electron chi connectivity index (χ1n) is 9.18. The van der Waals surface area contributed by atoms with Crippen LogP contribution in [0.5, 0.6) is 0 Å². The van der Waals surface area contributed by atoms with Gasteiger partial charge in [-0.05, 0) is 67.3 Å². The Balaban J connectivity index is 1.53. The number of ether oxygens (including phenoxy) is 1. The van der Waals surface area contributed by atoms with Gasteiger partial charge in [-0.25, -0.2) is 0 Å². The quantitative estimate of drug-likeness (QED) is 0.411. The van der Waals surface area contributed by atoms with Gasteiger partial charge in [-0.3, -0.25) is 0 Å². The summed E-state index contributed by atoms with van der Waals surface area (Å²) in [6.07, 6.45) is 10.6. The van der Waals surface area contributed by atoms with Gasteiger partial charge in [0.1, 0.15) is 6.10 Å². The smallest absolute Gasteiger partial charge is 0.168 e. The van der Waals surface area contributed by atoms with Crippen LogP contribution in [0.2, 0.25) is 0 Å². The van der Waals surface area contributed by atoms with Crippen molar-refractivity contribution in [3.8, 4) is 0 Å². The van der Waals surface area contributed by atoms with Crippen molar-refractivity contribution in [1.82, 2.24) is 0 Å². The number of hydrogen-bond acceptors (Lipinski definition) is 3. The molecule has 4 aliphatic carbocycles. The highest BCUT2D eigenvalue weighted by Gasteiger charge is 2.65. The van der Waals surface area contributed by atoms with Crippen molar-refractivity contribution in [2.75, 3.05) is 0 Å². The maximum atomic E-state index is 10.5. The Hall–Kier alpha value is -0.380. The normalized spacial score (nSPS) is 58.0. The lowest BCUT2D eigenvalue weighted by Gasteiger charge is -2.57. The molecule has 1 saturated heterocycles. The molecule has 2 N–H and O–H groups in total. The predicted molar refractivity (Wildman–Crippen MR) is 82.9 cm³/mol. The molecule has 1 heterocycles. The lowest BCUT2D eigenvalue weighted by Crippen LogP contribution is -2.54. The molecular formula is C19H28O3. The highest BCUT2D eigenvalue weighted by Crippen LogP contribution is 2.67. The largest absolute Gasteiger partial charge is 0.365 e. The minimum absolute atomic E-state index is 0.302. The average molecular weight is 304 g/mol. The van der Waals surface area contributed by atoms with E-state index < -0.39 is 5.79 Å². The van der Waals surface area contributed by atoms with Gasteiger partial charge >= 0.3 is 0 Å². The summed E-state index contributed by atoms with van der Waals surface area (Å²) in [4.78, 5) is 0. The van der Waals surface area contributed by atoms with Crippen LogP contribution in [-0.2, 0) is 4.74 Å². The zero-order valence-corrected chi connectivity index (χ0v) is 13.7. The molecule has 3 heteroatoms. The molecule has 7 atom stereocenters. The van der Waals surface area contributed by atoms with Crippen LogP contribution in [0.4, 0.5) is 0 Å². The molecule has 0 amide bonds. The van der Waals surface area contributed by atoms with E-state index in [4.69, 9.17) is 4.74 Å². The maximum absolute atomic E-state index is 10.5. The standard InChI is InChI=1S/C19H28O3/c1-17-8-7-15-16(22-15)14(17)4-3-11-12(17)5-9-18(2)13(11)6-10-19(18,20)21/h4,11-13,15-16,20-21H,3,5-10H2,1-2H3/t11-,12+,13+,15-,16+,17-,18+/m1/s1. The van der Waals surface area contributed by atoms with E-state index in [9.17, 15) is 10.2 Å². The molecule has 3 saturated carbocycles. The Morgan fingerprint density at radius 2 is 1.82 bits per heavy atom. The summed E-state index contributed by atoms with van der Waals surface area (Å²) in [5.41, 5.74) is 1.59. The summed E-state index contributed by atoms with van der Waals surface area (Å²) < 4.78 is 5.88. The van der Waals surface area contributed by atoms with Gasteiger partial charge in [0.15, 0.2) is 5.79 Å². The van der Waals surface area contributed by atoms with E-state index in [1.807, 2.05) is 0 Å². The molecule has 0 aromatic carbocycles. The zero-order chi connectivity index (χ0) is 15.3. The molecule has 0 spiro atoms. The van der Waals surface area contributed by atoms with Crippen LogP contribution in [0, 0.1) is 28.6 Å². The van der Waals surface area contributed by atoms with Crippen molar-refractivity contribution in [3.63, 3.8) is 0 Å². The van der Waals surface area contributed by atoms with Crippen LogP contribution < -0.4 is 0 Å². The average Bonchev–Trinajstić information content (AvgIpc) is 3.20. The second-order valence-electron chi connectivity index (χ2n) is 9.13. The van der Waals surface area contributed by atoms with Crippen LogP contribution in [0.1, 0.15) is 58.8 Å². The van der Waals surface area contributed by atoms with Gasteiger partial charge in [0.2, 0.25) is 0 Å². The van der Waals surface area contributed by atoms with Crippen molar-refractivity contribution in [1.29, 1.82) is 0 Å². The summed E-state index contributed by atoms with van der Waals surface area (Å²) >= 11 is 0. The predicted octanol–water partition coefficient (Wildman–Crippen LogP) is 3.01. The molecule has 0 bridgehead atoms. The van der Waals surface area contributed by atoms with Gasteiger partial charge in [-0.15, -0.1) is 0 Å². The molecule has 122 valence electrons. The van der Waals surface area contributed by atoms with E-state index in [1.165, 1.54) is 12.8 Å². The molecule has 5 rings (SSSR count). The third-order valence-electron chi connectivity index (χ3n) is 8.47. The lowest BCUT2D eigenvalue weighted by atomic mass is 9.48. The first kappa shape index (κ1) is 14.0. The Kier molecular flexibility index (Phi) is 2.54. The maximum Gasteiger partial charge on any atom is 0.168 e. The molecular weight excluding hydrogens is 276 g/mol. The van der Waals surface area contributed by atoms with Crippen LogP contribution >= 0.6 is 0 Å². The zero-order valence-electron chi connectivity index (χ0n) is 13.7. The number of rotatable bonds is 0. The van der Waals surface area contributed by atoms with Crippen molar-refractivity contribution in [3.05, 3.63) is 11.6 Å². The third kappa shape index (κ3) is 1.49. The number of fused-ring (bicyclic) bond motifs is 7. The van der Waals surface area contributed by atoms with E-state index in [-0.39, 0.29) is 5.41 Å². The highest BCUT2D eigenvalue weighted by atomic mass is 16.6. The molecule has 0 aromatic rings. The van der Waals surface area contributed by atoms with E-state index >= 15 is 0 Å². The summed E-state index contributed by atoms with van der Waals surface area (Å²) in [5, 5.41) is 21.0. The second kappa shape index (κ2) is 3.99. The van der Waals surface area contributed by atoms with Crippen LogP contribution in [0.15, 0.2) is 11.6 Å². The molecule has 0 unspecified atom stereocenters. The topological polar surface area (TPSA) is 53.0 Å². The molecule has 22 heavy (non-hydrogen) atoms. The molecule has 4 fully saturated rings. The first-order chi connectivity index (χ1) is 10.4. The van der Waals surface area contributed by atoms with Gasteiger partial charge in [0.25, 0.3) is 0 Å². The van der Waals surface area contributed by atoms with Crippen LogP contribution in [0.3, 0.4) is 0 Å². The lowest BCUT2D eigenvalue weighted by molar-refractivity contribution is -0.246. The fourth-order valence-corrected chi connectivity index (χ4v) is 6.96. The third-order valence-corrected chi connectivity index (χ3v) is 8.47. The summed E-state index contributed by atoms with van der Waals surface area (Å²) in [6, 6.07) is 0. The van der Waals surface area contributed by atoms with E-state index in [1.54, 1.807) is 5.57 Å². The van der Waals surface area contributed by atoms with Crippen LogP contribution in [-0.4, -0.2) is 28.2 Å². The highest BCUT2D eigenvalue weighted by molar-refractivity contribution is 5.33. The van der Waals surface area contributed by atoms with Gasteiger partial charge < -0.3 is 14.9 Å². The molecule has 1 aliphatic heterocycles. The fraction of sp³-hybridized carbons (Fsp3) is 0.895. The fourth-order valence-electron chi connectivity index (χ4n) is 6.96. The summed E-state index contributed by atoms with van der Waals surface area (Å²) in [5.74, 6) is 0.354. The first-order valence-corrected chi connectivity index (χ1v) is 9.18. The SMILES string of the molecule is C[C@]12CC[C@H]3O[C@H]3C1=CC[C@@H]1[C@@H]2CC[C@@]2(C)[C@H]1CCC2(O)O. The summed E-state index contributed by atoms with van der Waals surface area (Å²) in [6.45, 7) is 4.60. The van der Waals surface area contributed by atoms with Gasteiger partial charge in [-0.1, -0.05) is 19.9 Å². The minimum Gasteiger partial charge on any atom is -0.365 e. The minimum atomic E-state index is -1.45. The Labute approximate surface area is 132 Å². The monoisotopic (exact) mass is 304 g/mol. The van der Waals surface area contributed by atoms with Crippen molar-refractivity contribution >= 4 is 0 Å². The number of allylic oxidation sites excluding steroid dienone is 1. The molecule has 0 radical (unpaired) electrons. The number of hydrogen-bond donors (Lipinski definition) is 2. The Morgan fingerprint density at radius 3 is 2.64 bits per heavy atom. The van der Waals surface area contributed by atoms with Crippen molar-refractivity contribution in [2.24, 2.45) is 28.6 Å². The van der Waals surface area contributed by atoms with E-state index in [0.717, 1.165) is 25.7 Å². The van der Waals surface area contributed by atoms with Crippen LogP contribution in [0.25, 0.3) is 0 Å². The van der Waals surface area contributed by atoms with E-state index in [0.29, 0.717) is 41.8 Å². The number of aliphatic hydroxyl groups is 2. The number of epoxide rings is 1. The van der Waals surface area contributed by atoms with E-state index in [2.05, 4.69) is 19.9 Å². The molecule has 5 aliphatic rings. The van der Waals surface area contributed by atoms with Gasteiger partial charge in [-0.2, -0.15) is 0 Å². The second-order valence-corrected chi connectivity index (χ2v) is 9.13. The van der Waals surface area contributed by atoms with Gasteiger partial charge in [0.05, 0.1) is 6.10 Å². The molecule has 3 nitrogen and oxygen atoms in total. The van der Waals surface area contributed by atoms with Crippen molar-refractivity contribution in [2.45, 2.75) is 76.8 Å². The van der Waals surface area contributed by atoms with Gasteiger partial charge in [0, 0.05) is 11.8 Å². The van der Waals surface area contributed by atoms with Crippen molar-refractivity contribution < 1.29 is 14.9 Å².